The molecule has 5 heteroatoms. The zero-order valence-corrected chi connectivity index (χ0v) is 7.13. The number of benzene rings is 1. The molecule has 0 aliphatic heterocycles. The van der Waals surface area contributed by atoms with E-state index in [9.17, 15) is 13.2 Å². The van der Waals surface area contributed by atoms with Gasteiger partial charge < -0.3 is 0 Å². The van der Waals surface area contributed by atoms with Gasteiger partial charge in [0.05, 0.1) is 15.6 Å². The molecule has 12 heavy (non-hydrogen) atoms. The van der Waals surface area contributed by atoms with Crippen molar-refractivity contribution in [2.75, 3.05) is 0 Å². The molecule has 0 saturated heterocycles. The molecule has 0 bridgehead atoms. The minimum Gasteiger partial charge on any atom is -0.205 e. The highest BCUT2D eigenvalue weighted by Crippen LogP contribution is 2.34. The van der Waals surface area contributed by atoms with E-state index in [2.05, 4.69) is 0 Å². The van der Waals surface area contributed by atoms with Gasteiger partial charge in [0.25, 0.3) is 6.43 Å². The van der Waals surface area contributed by atoms with Crippen molar-refractivity contribution in [1.82, 2.24) is 0 Å². The van der Waals surface area contributed by atoms with Crippen molar-refractivity contribution < 1.29 is 13.2 Å². The average Bonchev–Trinajstić information content (AvgIpc) is 1.97. The minimum atomic E-state index is -2.86. The first kappa shape index (κ1) is 9.68. The largest absolute Gasteiger partial charge is 0.266 e. The fraction of sp³-hybridized carbons (Fsp3) is 0.143. The highest BCUT2D eigenvalue weighted by Gasteiger charge is 2.18. The molecule has 0 amide bonds. The van der Waals surface area contributed by atoms with Gasteiger partial charge in [-0.05, 0) is 12.1 Å². The molecule has 1 aromatic carbocycles. The van der Waals surface area contributed by atoms with Gasteiger partial charge in [-0.15, -0.1) is 0 Å². The van der Waals surface area contributed by atoms with E-state index in [0.29, 0.717) is 0 Å². The number of halogens is 5. The van der Waals surface area contributed by atoms with Crippen molar-refractivity contribution >= 4 is 23.2 Å². The van der Waals surface area contributed by atoms with Gasteiger partial charge in [-0.3, -0.25) is 0 Å². The summed E-state index contributed by atoms with van der Waals surface area (Å²) in [4.78, 5) is 0. The molecule has 0 fully saturated rings. The highest BCUT2D eigenvalue weighted by atomic mass is 35.5. The van der Waals surface area contributed by atoms with Crippen LogP contribution in [0.1, 0.15) is 12.0 Å². The Labute approximate surface area is 76.9 Å². The normalized spacial score (nSPS) is 10.8. The lowest BCUT2D eigenvalue weighted by molar-refractivity contribution is 0.151. The molecule has 0 aliphatic carbocycles. The van der Waals surface area contributed by atoms with Crippen LogP contribution in [0, 0.1) is 5.82 Å². The van der Waals surface area contributed by atoms with Crippen molar-refractivity contribution in [2.24, 2.45) is 0 Å². The molecule has 0 spiro atoms. The Morgan fingerprint density at radius 1 is 1.17 bits per heavy atom. The Bertz CT molecular complexity index is 299. The zero-order chi connectivity index (χ0) is 9.30. The van der Waals surface area contributed by atoms with Crippen LogP contribution in [0.25, 0.3) is 0 Å². The molecule has 0 radical (unpaired) electrons. The molecule has 0 unspecified atom stereocenters. The second-order valence-corrected chi connectivity index (χ2v) is 2.84. The minimum absolute atomic E-state index is 0.226. The molecule has 0 heterocycles. The van der Waals surface area contributed by atoms with Crippen LogP contribution in [-0.4, -0.2) is 0 Å². The lowest BCUT2D eigenvalue weighted by Crippen LogP contribution is -1.90. The van der Waals surface area contributed by atoms with E-state index in [4.69, 9.17) is 23.2 Å². The second kappa shape index (κ2) is 3.54. The predicted octanol–water partition coefficient (Wildman–Crippen LogP) is 4.07. The molecule has 1 rings (SSSR count). The van der Waals surface area contributed by atoms with Crippen molar-refractivity contribution in [3.63, 3.8) is 0 Å². The fourth-order valence-corrected chi connectivity index (χ4v) is 1.28. The molecule has 1 aromatic rings. The topological polar surface area (TPSA) is 0 Å². The van der Waals surface area contributed by atoms with Crippen LogP contribution in [0.2, 0.25) is 10.0 Å². The fourth-order valence-electron chi connectivity index (χ4n) is 0.743. The van der Waals surface area contributed by atoms with E-state index in [1.807, 2.05) is 0 Å². The van der Waals surface area contributed by atoms with Crippen molar-refractivity contribution in [3.05, 3.63) is 33.6 Å². The van der Waals surface area contributed by atoms with E-state index in [-0.39, 0.29) is 5.02 Å². The second-order valence-electron chi connectivity index (χ2n) is 2.06. The molecule has 0 saturated carbocycles. The Morgan fingerprint density at radius 2 is 1.75 bits per heavy atom. The van der Waals surface area contributed by atoms with Crippen molar-refractivity contribution in [1.29, 1.82) is 0 Å². The molecule has 0 nitrogen and oxygen atoms in total. The van der Waals surface area contributed by atoms with E-state index >= 15 is 0 Å². The summed E-state index contributed by atoms with van der Waals surface area (Å²) in [6, 6.07) is 1.99. The number of hydrogen-bond donors (Lipinski definition) is 0. The number of alkyl halides is 2. The molecular weight excluding hydrogens is 212 g/mol. The van der Waals surface area contributed by atoms with Gasteiger partial charge >= 0.3 is 0 Å². The van der Waals surface area contributed by atoms with Gasteiger partial charge in [0.1, 0.15) is 5.82 Å². The molecule has 0 aromatic heterocycles. The standard InChI is InChI=1S/C7H3Cl2F3/c8-3-1-2-4(10)6(9)5(3)7(11)12/h1-2,7H. The maximum absolute atomic E-state index is 12.6. The molecule has 0 aliphatic rings. The molecule has 66 valence electrons. The third kappa shape index (κ3) is 1.67. The first-order valence-electron chi connectivity index (χ1n) is 2.95. The first-order valence-corrected chi connectivity index (χ1v) is 3.71. The lowest BCUT2D eigenvalue weighted by atomic mass is 10.2. The molecular formula is C7H3Cl2F3. The van der Waals surface area contributed by atoms with Gasteiger partial charge in [-0.25, -0.2) is 13.2 Å². The number of hydrogen-bond acceptors (Lipinski definition) is 0. The first-order chi connectivity index (χ1) is 5.54. The summed E-state index contributed by atoms with van der Waals surface area (Å²) in [6.45, 7) is 0. The van der Waals surface area contributed by atoms with E-state index in [0.717, 1.165) is 12.1 Å². The summed E-state index contributed by atoms with van der Waals surface area (Å²) in [5, 5.41) is -0.839. The monoisotopic (exact) mass is 214 g/mol. The van der Waals surface area contributed by atoms with E-state index < -0.39 is 22.8 Å². The van der Waals surface area contributed by atoms with Crippen LogP contribution in [0.5, 0.6) is 0 Å². The van der Waals surface area contributed by atoms with Gasteiger partial charge in [-0.1, -0.05) is 23.2 Å². The van der Waals surface area contributed by atoms with Crippen LogP contribution in [0.15, 0.2) is 12.1 Å². The number of rotatable bonds is 1. The Hall–Kier alpha value is -0.410. The maximum Gasteiger partial charge on any atom is 0.266 e. The van der Waals surface area contributed by atoms with Crippen LogP contribution in [0.3, 0.4) is 0 Å². The van der Waals surface area contributed by atoms with Crippen LogP contribution in [0.4, 0.5) is 13.2 Å². The van der Waals surface area contributed by atoms with Crippen LogP contribution >= 0.6 is 23.2 Å². The summed E-state index contributed by atoms with van der Waals surface area (Å²) in [6.07, 6.45) is -2.86. The summed E-state index contributed by atoms with van der Waals surface area (Å²) in [5.74, 6) is -0.892. The highest BCUT2D eigenvalue weighted by molar-refractivity contribution is 6.36. The van der Waals surface area contributed by atoms with Gasteiger partial charge in [0.15, 0.2) is 0 Å². The third-order valence-electron chi connectivity index (χ3n) is 1.30. The summed E-state index contributed by atoms with van der Waals surface area (Å²) in [5.41, 5.74) is -0.654. The molecule has 0 N–H and O–H groups in total. The third-order valence-corrected chi connectivity index (χ3v) is 2.01. The summed E-state index contributed by atoms with van der Waals surface area (Å²) < 4.78 is 36.9. The maximum atomic E-state index is 12.6. The summed E-state index contributed by atoms with van der Waals surface area (Å²) >= 11 is 10.6. The van der Waals surface area contributed by atoms with Crippen molar-refractivity contribution in [3.8, 4) is 0 Å². The summed E-state index contributed by atoms with van der Waals surface area (Å²) in [7, 11) is 0. The van der Waals surface area contributed by atoms with E-state index in [1.54, 1.807) is 0 Å². The van der Waals surface area contributed by atoms with Crippen LogP contribution < -0.4 is 0 Å². The smallest absolute Gasteiger partial charge is 0.205 e. The Balaban J connectivity index is 3.33. The van der Waals surface area contributed by atoms with Gasteiger partial charge in [0, 0.05) is 0 Å². The van der Waals surface area contributed by atoms with E-state index in [1.165, 1.54) is 0 Å². The van der Waals surface area contributed by atoms with Gasteiger partial charge in [-0.2, -0.15) is 0 Å². The quantitative estimate of drug-likeness (QED) is 0.619. The van der Waals surface area contributed by atoms with Gasteiger partial charge in [0.2, 0.25) is 0 Å². The SMILES string of the molecule is Fc1ccc(Cl)c(C(F)F)c1Cl. The molecule has 0 atom stereocenters. The Kier molecular flexibility index (Phi) is 2.85. The van der Waals surface area contributed by atoms with Crippen LogP contribution in [-0.2, 0) is 0 Å². The zero-order valence-electron chi connectivity index (χ0n) is 5.62. The lowest BCUT2D eigenvalue weighted by Gasteiger charge is -2.05. The Morgan fingerprint density at radius 3 is 2.17 bits per heavy atom. The predicted molar refractivity (Wildman–Crippen MR) is 41.4 cm³/mol. The van der Waals surface area contributed by atoms with Crippen molar-refractivity contribution in [2.45, 2.75) is 6.43 Å². The average molecular weight is 215 g/mol.